The maximum absolute atomic E-state index is 14.1. The highest BCUT2D eigenvalue weighted by atomic mass is 19.1. The van der Waals surface area contributed by atoms with E-state index in [2.05, 4.69) is 18.2 Å². The van der Waals surface area contributed by atoms with Gasteiger partial charge < -0.3 is 5.32 Å². The van der Waals surface area contributed by atoms with Crippen molar-refractivity contribution in [3.63, 3.8) is 0 Å². The van der Waals surface area contributed by atoms with Crippen LogP contribution < -0.4 is 5.32 Å². The Bertz CT molecular complexity index is 406. The predicted molar refractivity (Wildman–Crippen MR) is 74.9 cm³/mol. The van der Waals surface area contributed by atoms with Crippen LogP contribution in [0.1, 0.15) is 49.8 Å². The number of terminal acetylenes is 1. The monoisotopic (exact) mass is 247 g/mol. The van der Waals surface area contributed by atoms with Gasteiger partial charge in [-0.3, -0.25) is 0 Å². The molecule has 0 saturated carbocycles. The van der Waals surface area contributed by atoms with Crippen LogP contribution in [0, 0.1) is 25.1 Å². The number of hydrogen-bond acceptors (Lipinski definition) is 1. The summed E-state index contributed by atoms with van der Waals surface area (Å²) in [6.45, 7) is 4.81. The van der Waals surface area contributed by atoms with Crippen LogP contribution in [0.15, 0.2) is 18.2 Å². The molecule has 0 heterocycles. The molecule has 0 amide bonds. The summed E-state index contributed by atoms with van der Waals surface area (Å²) in [7, 11) is 0. The third kappa shape index (κ3) is 4.16. The van der Waals surface area contributed by atoms with Crippen LogP contribution in [0.3, 0.4) is 0 Å². The smallest absolute Gasteiger partial charge is 0.130 e. The van der Waals surface area contributed by atoms with E-state index in [0.29, 0.717) is 5.56 Å². The standard InChI is InChI=1S/C16H22FN/c1-4-6-7-11-15(18-12-5-2)14-10-8-9-13(3)16(14)17/h1,8-10,15,18H,5-7,11-12H2,2-3H3. The van der Waals surface area contributed by atoms with Gasteiger partial charge in [-0.2, -0.15) is 0 Å². The van der Waals surface area contributed by atoms with E-state index in [4.69, 9.17) is 6.42 Å². The van der Waals surface area contributed by atoms with E-state index in [1.807, 2.05) is 12.1 Å². The molecule has 0 saturated heterocycles. The molecule has 1 unspecified atom stereocenters. The number of benzene rings is 1. The lowest BCUT2D eigenvalue weighted by Gasteiger charge is -2.20. The molecule has 18 heavy (non-hydrogen) atoms. The Hall–Kier alpha value is -1.33. The molecule has 0 aliphatic rings. The quantitative estimate of drug-likeness (QED) is 0.567. The second-order valence-electron chi connectivity index (χ2n) is 4.58. The molecule has 0 fully saturated rings. The van der Waals surface area contributed by atoms with Gasteiger partial charge in [0.2, 0.25) is 0 Å². The summed E-state index contributed by atoms with van der Waals surface area (Å²) in [5.74, 6) is 2.54. The lowest BCUT2D eigenvalue weighted by Crippen LogP contribution is -2.23. The Labute approximate surface area is 110 Å². The minimum absolute atomic E-state index is 0.0678. The third-order valence-electron chi connectivity index (χ3n) is 3.05. The normalized spacial score (nSPS) is 12.1. The van der Waals surface area contributed by atoms with Gasteiger partial charge in [-0.05, 0) is 38.3 Å². The van der Waals surface area contributed by atoms with Crippen molar-refractivity contribution in [3.05, 3.63) is 35.1 Å². The first-order valence-electron chi connectivity index (χ1n) is 6.62. The van der Waals surface area contributed by atoms with Gasteiger partial charge in [-0.15, -0.1) is 12.3 Å². The molecule has 0 bridgehead atoms. The number of nitrogens with one attached hydrogen (secondary N) is 1. The molecule has 1 rings (SSSR count). The van der Waals surface area contributed by atoms with Gasteiger partial charge in [-0.25, -0.2) is 4.39 Å². The van der Waals surface area contributed by atoms with Gasteiger partial charge in [0.15, 0.2) is 0 Å². The lowest BCUT2D eigenvalue weighted by molar-refractivity contribution is 0.463. The largest absolute Gasteiger partial charge is 0.310 e. The molecule has 0 aliphatic heterocycles. The Kier molecular flexibility index (Phi) is 6.46. The first kappa shape index (κ1) is 14.7. The summed E-state index contributed by atoms with van der Waals surface area (Å²) in [5.41, 5.74) is 1.47. The molecular formula is C16H22FN. The topological polar surface area (TPSA) is 12.0 Å². The van der Waals surface area contributed by atoms with Gasteiger partial charge in [0, 0.05) is 18.0 Å². The van der Waals surface area contributed by atoms with Gasteiger partial charge in [0.25, 0.3) is 0 Å². The van der Waals surface area contributed by atoms with Crippen molar-refractivity contribution in [3.8, 4) is 12.3 Å². The Morgan fingerprint density at radius 3 is 2.89 bits per heavy atom. The van der Waals surface area contributed by atoms with Crippen LogP contribution in [-0.2, 0) is 0 Å². The average molecular weight is 247 g/mol. The van der Waals surface area contributed by atoms with Gasteiger partial charge in [0.1, 0.15) is 5.82 Å². The van der Waals surface area contributed by atoms with Gasteiger partial charge >= 0.3 is 0 Å². The molecule has 2 heteroatoms. The molecule has 0 aliphatic carbocycles. The van der Waals surface area contributed by atoms with Crippen molar-refractivity contribution in [1.82, 2.24) is 5.32 Å². The number of hydrogen-bond donors (Lipinski definition) is 1. The molecule has 0 radical (unpaired) electrons. The highest BCUT2D eigenvalue weighted by Gasteiger charge is 2.15. The highest BCUT2D eigenvalue weighted by molar-refractivity contribution is 5.27. The first-order valence-corrected chi connectivity index (χ1v) is 6.62. The zero-order chi connectivity index (χ0) is 13.4. The second-order valence-corrected chi connectivity index (χ2v) is 4.58. The van der Waals surface area contributed by atoms with Crippen LogP contribution in [0.2, 0.25) is 0 Å². The Morgan fingerprint density at radius 1 is 1.44 bits per heavy atom. The fourth-order valence-corrected chi connectivity index (χ4v) is 2.03. The van der Waals surface area contributed by atoms with Gasteiger partial charge in [0.05, 0.1) is 0 Å². The molecular weight excluding hydrogens is 225 g/mol. The molecule has 0 aromatic heterocycles. The van der Waals surface area contributed by atoms with E-state index >= 15 is 0 Å². The molecule has 98 valence electrons. The van der Waals surface area contributed by atoms with Gasteiger partial charge in [-0.1, -0.05) is 25.1 Å². The predicted octanol–water partition coefficient (Wildman–Crippen LogP) is 3.98. The molecule has 1 nitrogen and oxygen atoms in total. The number of unbranched alkanes of at least 4 members (excludes halogenated alkanes) is 1. The molecule has 1 atom stereocenters. The average Bonchev–Trinajstić information content (AvgIpc) is 2.37. The second kappa shape index (κ2) is 7.89. The van der Waals surface area contributed by atoms with Crippen LogP contribution in [0.25, 0.3) is 0 Å². The summed E-state index contributed by atoms with van der Waals surface area (Å²) >= 11 is 0. The van der Waals surface area contributed by atoms with E-state index < -0.39 is 0 Å². The molecule has 1 aromatic rings. The minimum Gasteiger partial charge on any atom is -0.310 e. The molecule has 0 spiro atoms. The first-order chi connectivity index (χ1) is 8.70. The van der Waals surface area contributed by atoms with Crippen molar-refractivity contribution >= 4 is 0 Å². The van der Waals surface area contributed by atoms with E-state index in [-0.39, 0.29) is 11.9 Å². The highest BCUT2D eigenvalue weighted by Crippen LogP contribution is 2.24. The van der Waals surface area contributed by atoms with Crippen molar-refractivity contribution in [1.29, 1.82) is 0 Å². The van der Waals surface area contributed by atoms with E-state index in [1.54, 1.807) is 13.0 Å². The van der Waals surface area contributed by atoms with Crippen LogP contribution in [-0.4, -0.2) is 6.54 Å². The Balaban J connectivity index is 2.80. The molecule has 1 aromatic carbocycles. The number of rotatable bonds is 7. The van der Waals surface area contributed by atoms with Crippen molar-refractivity contribution < 1.29 is 4.39 Å². The summed E-state index contributed by atoms with van der Waals surface area (Å²) in [6.07, 6.45) is 8.85. The maximum atomic E-state index is 14.1. The zero-order valence-electron chi connectivity index (χ0n) is 11.3. The number of halogens is 1. The summed E-state index contributed by atoms with van der Waals surface area (Å²) < 4.78 is 14.1. The molecule has 1 N–H and O–H groups in total. The zero-order valence-corrected chi connectivity index (χ0v) is 11.3. The number of aryl methyl sites for hydroxylation is 1. The van der Waals surface area contributed by atoms with Crippen molar-refractivity contribution in [2.45, 2.75) is 45.6 Å². The summed E-state index contributed by atoms with van der Waals surface area (Å²) in [5, 5.41) is 3.40. The third-order valence-corrected chi connectivity index (χ3v) is 3.05. The SMILES string of the molecule is C#CCCCC(NCCC)c1cccc(C)c1F. The lowest BCUT2D eigenvalue weighted by atomic mass is 9.98. The van der Waals surface area contributed by atoms with Crippen LogP contribution >= 0.6 is 0 Å². The fourth-order valence-electron chi connectivity index (χ4n) is 2.03. The van der Waals surface area contributed by atoms with E-state index in [9.17, 15) is 4.39 Å². The van der Waals surface area contributed by atoms with Crippen LogP contribution in [0.4, 0.5) is 4.39 Å². The maximum Gasteiger partial charge on any atom is 0.130 e. The van der Waals surface area contributed by atoms with Crippen molar-refractivity contribution in [2.75, 3.05) is 6.54 Å². The summed E-state index contributed by atoms with van der Waals surface area (Å²) in [4.78, 5) is 0. The van der Waals surface area contributed by atoms with Crippen molar-refractivity contribution in [2.24, 2.45) is 0 Å². The van der Waals surface area contributed by atoms with E-state index in [1.165, 1.54) is 0 Å². The minimum atomic E-state index is -0.0909. The van der Waals surface area contributed by atoms with Crippen LogP contribution in [0.5, 0.6) is 0 Å². The summed E-state index contributed by atoms with van der Waals surface area (Å²) in [6, 6.07) is 5.65. The Morgan fingerprint density at radius 2 is 2.22 bits per heavy atom. The fraction of sp³-hybridized carbons (Fsp3) is 0.500. The van der Waals surface area contributed by atoms with E-state index in [0.717, 1.165) is 37.8 Å².